The number of carbonyl (C=O) groups excluding carboxylic acids is 6. The van der Waals surface area contributed by atoms with Crippen LogP contribution in [0.4, 0.5) is 0 Å². The van der Waals surface area contributed by atoms with Gasteiger partial charge in [0, 0.05) is 12.6 Å². The third-order valence-electron chi connectivity index (χ3n) is 6.02. The number of Topliss-reactive ketones (excluding diaryl/α,β-unsaturated/α-hetero) is 1. The summed E-state index contributed by atoms with van der Waals surface area (Å²) in [5.74, 6) is -5.36. The van der Waals surface area contributed by atoms with E-state index in [9.17, 15) is 59.4 Å². The number of ketones is 1. The minimum Gasteiger partial charge on any atom is -0.467 e. The van der Waals surface area contributed by atoms with Crippen LogP contribution in [-0.2, 0) is 33.5 Å². The van der Waals surface area contributed by atoms with Gasteiger partial charge in [-0.1, -0.05) is 13.8 Å². The summed E-state index contributed by atoms with van der Waals surface area (Å²) in [6.07, 6.45) is -8.04. The average Bonchev–Trinajstić information content (AvgIpc) is 2.97. The Labute approximate surface area is 248 Å². The maximum absolute atomic E-state index is 12.7. The van der Waals surface area contributed by atoms with Gasteiger partial charge in [-0.05, 0) is 26.2 Å². The second-order valence-electron chi connectivity index (χ2n) is 9.93. The zero-order valence-corrected chi connectivity index (χ0v) is 24.6. The number of amides is 4. The van der Waals surface area contributed by atoms with Crippen LogP contribution in [0.25, 0.3) is 0 Å². The van der Waals surface area contributed by atoms with Crippen LogP contribution >= 0.6 is 0 Å². The molecule has 18 heteroatoms. The number of carbonyl (C=O) groups is 6. The van der Waals surface area contributed by atoms with E-state index in [0.717, 1.165) is 14.0 Å². The Hall–Kier alpha value is -3.26. The van der Waals surface area contributed by atoms with Crippen molar-refractivity contribution in [1.82, 2.24) is 26.6 Å². The van der Waals surface area contributed by atoms with Gasteiger partial charge in [0.2, 0.25) is 17.7 Å². The monoisotopic (exact) mass is 623 g/mol. The van der Waals surface area contributed by atoms with E-state index in [1.807, 2.05) is 0 Å². The highest BCUT2D eigenvalue weighted by Crippen LogP contribution is 2.07. The van der Waals surface area contributed by atoms with Crippen LogP contribution in [-0.4, -0.2) is 148 Å². The van der Waals surface area contributed by atoms with Gasteiger partial charge in [-0.3, -0.25) is 24.0 Å². The van der Waals surface area contributed by atoms with Crippen LogP contribution in [0.2, 0.25) is 0 Å². The highest BCUT2D eigenvalue weighted by atomic mass is 16.5. The van der Waals surface area contributed by atoms with Crippen LogP contribution in [0.3, 0.4) is 0 Å². The van der Waals surface area contributed by atoms with E-state index < -0.39 is 91.1 Å². The fraction of sp³-hybridized carbons (Fsp3) is 0.760. The van der Waals surface area contributed by atoms with Gasteiger partial charge in [0.15, 0.2) is 11.9 Å². The quantitative estimate of drug-likeness (QED) is 0.0419. The van der Waals surface area contributed by atoms with Gasteiger partial charge in [0.05, 0.1) is 26.9 Å². The molecule has 0 aromatic carbocycles. The number of aliphatic hydroxyl groups is 6. The standard InChI is InChI=1S/C25H45N5O13/c1-12(2)27-9-17(34)28-15(10-31)22(39)30-16(11-32)23(40)29-14(25(42)43-4)7-5-6-8-26-24(41)21(38)20(37)19(36)18(35)13(3)33/h12,14-16,18-21,27,31-32,35-38H,5-11H2,1-4H3,(H,26,41)(H,28,34)(H,29,40)(H,30,39)/t14?,15-,16?,18?,19?,20?,21?/m0/s1. The summed E-state index contributed by atoms with van der Waals surface area (Å²) in [6.45, 7) is 2.65. The lowest BCUT2D eigenvalue weighted by atomic mass is 10.0. The van der Waals surface area contributed by atoms with Crippen LogP contribution in [0.15, 0.2) is 0 Å². The number of nitrogens with one attached hydrogen (secondary N) is 5. The van der Waals surface area contributed by atoms with Crippen molar-refractivity contribution in [1.29, 1.82) is 0 Å². The fourth-order valence-corrected chi connectivity index (χ4v) is 3.42. The lowest BCUT2D eigenvalue weighted by Crippen LogP contribution is -2.58. The van der Waals surface area contributed by atoms with Crippen molar-refractivity contribution in [2.75, 3.05) is 33.4 Å². The number of aliphatic hydroxyl groups excluding tert-OH is 6. The predicted octanol–water partition coefficient (Wildman–Crippen LogP) is -6.08. The molecule has 0 fully saturated rings. The number of esters is 1. The summed E-state index contributed by atoms with van der Waals surface area (Å²) >= 11 is 0. The van der Waals surface area contributed by atoms with Crippen molar-refractivity contribution >= 4 is 35.4 Å². The molecule has 0 bridgehead atoms. The summed E-state index contributed by atoms with van der Waals surface area (Å²) in [5.41, 5.74) is 0. The van der Waals surface area contributed by atoms with Gasteiger partial charge in [-0.15, -0.1) is 0 Å². The molecule has 0 rings (SSSR count). The van der Waals surface area contributed by atoms with Crippen LogP contribution < -0.4 is 26.6 Å². The van der Waals surface area contributed by atoms with Gasteiger partial charge in [0.25, 0.3) is 5.91 Å². The Morgan fingerprint density at radius 2 is 1.23 bits per heavy atom. The zero-order chi connectivity index (χ0) is 33.3. The second-order valence-corrected chi connectivity index (χ2v) is 9.93. The average molecular weight is 624 g/mol. The van der Waals surface area contributed by atoms with E-state index in [4.69, 9.17) is 0 Å². The number of unbranched alkanes of at least 4 members (excludes halogenated alkanes) is 1. The molecule has 0 radical (unpaired) electrons. The third kappa shape index (κ3) is 14.7. The molecule has 43 heavy (non-hydrogen) atoms. The minimum absolute atomic E-state index is 0.0155. The lowest BCUT2D eigenvalue weighted by Gasteiger charge is -2.24. The summed E-state index contributed by atoms with van der Waals surface area (Å²) in [5, 5.41) is 69.9. The molecule has 0 aliphatic heterocycles. The number of rotatable bonds is 21. The molecule has 6 unspecified atom stereocenters. The van der Waals surface area contributed by atoms with Gasteiger partial charge < -0.3 is 62.0 Å². The van der Waals surface area contributed by atoms with Crippen molar-refractivity contribution in [2.24, 2.45) is 0 Å². The highest BCUT2D eigenvalue weighted by Gasteiger charge is 2.36. The molecule has 0 heterocycles. The Morgan fingerprint density at radius 3 is 1.72 bits per heavy atom. The van der Waals surface area contributed by atoms with Crippen LogP contribution in [0, 0.1) is 0 Å². The van der Waals surface area contributed by atoms with Gasteiger partial charge in [-0.2, -0.15) is 0 Å². The Balaban J connectivity index is 4.94. The first-order valence-corrected chi connectivity index (χ1v) is 13.5. The summed E-state index contributed by atoms with van der Waals surface area (Å²) < 4.78 is 4.67. The molecule has 0 saturated heterocycles. The molecule has 0 aromatic heterocycles. The maximum atomic E-state index is 12.7. The molecule has 0 aromatic rings. The molecule has 4 amide bonds. The number of methoxy groups -OCH3 is 1. The summed E-state index contributed by atoms with van der Waals surface area (Å²) in [4.78, 5) is 72.5. The Kier molecular flexibility index (Phi) is 19.0. The van der Waals surface area contributed by atoms with E-state index in [1.54, 1.807) is 13.8 Å². The lowest BCUT2D eigenvalue weighted by molar-refractivity contribution is -0.153. The van der Waals surface area contributed by atoms with Crippen molar-refractivity contribution < 1.29 is 64.1 Å². The Bertz CT molecular complexity index is 935. The maximum Gasteiger partial charge on any atom is 0.328 e. The number of hydrogen-bond acceptors (Lipinski definition) is 14. The first-order chi connectivity index (χ1) is 20.1. The normalized spacial score (nSPS) is 16.1. The largest absolute Gasteiger partial charge is 0.467 e. The molecule has 7 atom stereocenters. The fourth-order valence-electron chi connectivity index (χ4n) is 3.42. The van der Waals surface area contributed by atoms with Gasteiger partial charge in [0.1, 0.15) is 36.4 Å². The molecule has 0 saturated carbocycles. The molecule has 18 nitrogen and oxygen atoms in total. The SMILES string of the molecule is COC(=O)C(CCCCNC(=O)C(O)C(O)C(O)C(O)C(C)=O)NC(=O)C(CO)NC(=O)[C@H](CO)NC(=O)CNC(C)C. The third-order valence-corrected chi connectivity index (χ3v) is 6.02. The van der Waals surface area contributed by atoms with Crippen molar-refractivity contribution in [3.05, 3.63) is 0 Å². The van der Waals surface area contributed by atoms with E-state index in [1.165, 1.54) is 0 Å². The van der Waals surface area contributed by atoms with E-state index >= 15 is 0 Å². The summed E-state index contributed by atoms with van der Waals surface area (Å²) in [7, 11) is 1.07. The van der Waals surface area contributed by atoms with Crippen molar-refractivity contribution in [3.8, 4) is 0 Å². The Morgan fingerprint density at radius 1 is 0.721 bits per heavy atom. The van der Waals surface area contributed by atoms with Crippen molar-refractivity contribution in [2.45, 2.75) is 88.6 Å². The minimum atomic E-state index is -2.16. The first kappa shape index (κ1) is 39.7. The summed E-state index contributed by atoms with van der Waals surface area (Å²) in [6, 6.07) is -4.22. The highest BCUT2D eigenvalue weighted by molar-refractivity contribution is 5.94. The predicted molar refractivity (Wildman–Crippen MR) is 147 cm³/mol. The zero-order valence-electron chi connectivity index (χ0n) is 24.6. The van der Waals surface area contributed by atoms with Crippen LogP contribution in [0.5, 0.6) is 0 Å². The molecule has 0 spiro atoms. The van der Waals surface area contributed by atoms with Crippen LogP contribution in [0.1, 0.15) is 40.0 Å². The molecule has 248 valence electrons. The van der Waals surface area contributed by atoms with Gasteiger partial charge >= 0.3 is 5.97 Å². The number of hydrogen-bond donors (Lipinski definition) is 11. The molecular formula is C25H45N5O13. The van der Waals surface area contributed by atoms with E-state index in [0.29, 0.717) is 0 Å². The van der Waals surface area contributed by atoms with E-state index in [-0.39, 0.29) is 38.4 Å². The second kappa shape index (κ2) is 20.6. The smallest absolute Gasteiger partial charge is 0.328 e. The number of ether oxygens (including phenoxy) is 1. The molecule has 0 aliphatic rings. The molecule has 11 N–H and O–H groups in total. The van der Waals surface area contributed by atoms with Crippen molar-refractivity contribution in [3.63, 3.8) is 0 Å². The first-order valence-electron chi connectivity index (χ1n) is 13.5. The van der Waals surface area contributed by atoms with E-state index in [2.05, 4.69) is 31.3 Å². The molecular weight excluding hydrogens is 578 g/mol. The topological polar surface area (TPSA) is 293 Å². The van der Waals surface area contributed by atoms with Gasteiger partial charge in [-0.25, -0.2) is 4.79 Å². The molecule has 0 aliphatic carbocycles.